The molecular formula is C11H22N2O2S. The molecule has 2 aliphatic rings. The van der Waals surface area contributed by atoms with Gasteiger partial charge in [-0.3, -0.25) is 0 Å². The van der Waals surface area contributed by atoms with Gasteiger partial charge >= 0.3 is 0 Å². The van der Waals surface area contributed by atoms with Crippen molar-refractivity contribution >= 4 is 10.0 Å². The first-order valence-corrected chi connectivity index (χ1v) is 7.98. The van der Waals surface area contributed by atoms with Crippen molar-refractivity contribution in [3.8, 4) is 0 Å². The maximum absolute atomic E-state index is 11.5. The summed E-state index contributed by atoms with van der Waals surface area (Å²) in [5.41, 5.74) is 6.24. The molecule has 2 fully saturated rings. The van der Waals surface area contributed by atoms with E-state index in [0.29, 0.717) is 19.0 Å². The highest BCUT2D eigenvalue weighted by molar-refractivity contribution is 7.88. The molecule has 0 spiro atoms. The van der Waals surface area contributed by atoms with Crippen LogP contribution < -0.4 is 5.73 Å². The Morgan fingerprint density at radius 2 is 2.06 bits per heavy atom. The zero-order chi connectivity index (χ0) is 11.8. The van der Waals surface area contributed by atoms with Gasteiger partial charge in [-0.25, -0.2) is 12.7 Å². The molecule has 4 nitrogen and oxygen atoms in total. The second kappa shape index (κ2) is 4.27. The molecular weight excluding hydrogens is 224 g/mol. The van der Waals surface area contributed by atoms with Crippen LogP contribution in [0.3, 0.4) is 0 Å². The van der Waals surface area contributed by atoms with Crippen LogP contribution in [0.4, 0.5) is 0 Å². The molecule has 1 unspecified atom stereocenters. The average molecular weight is 246 g/mol. The van der Waals surface area contributed by atoms with Crippen molar-refractivity contribution in [1.82, 2.24) is 4.31 Å². The number of piperidine rings is 1. The van der Waals surface area contributed by atoms with Gasteiger partial charge in [0.05, 0.1) is 6.26 Å². The van der Waals surface area contributed by atoms with Gasteiger partial charge < -0.3 is 5.73 Å². The normalized spacial score (nSPS) is 31.0. The Morgan fingerprint density at radius 1 is 1.38 bits per heavy atom. The fourth-order valence-electron chi connectivity index (χ4n) is 2.90. The third-order valence-corrected chi connectivity index (χ3v) is 5.26. The minimum absolute atomic E-state index is 0.0190. The standard InChI is InChI=1S/C11H22N2O2S/c1-16(14,15)13-7-2-4-10(9-13)8-11(12)5-3-6-11/h10H,2-9,12H2,1H3. The molecule has 1 aliphatic heterocycles. The summed E-state index contributed by atoms with van der Waals surface area (Å²) in [4.78, 5) is 0. The van der Waals surface area contributed by atoms with Gasteiger partial charge in [0, 0.05) is 18.6 Å². The molecule has 94 valence electrons. The van der Waals surface area contributed by atoms with Gasteiger partial charge in [0.1, 0.15) is 0 Å². The van der Waals surface area contributed by atoms with Gasteiger partial charge in [0.2, 0.25) is 10.0 Å². The van der Waals surface area contributed by atoms with Crippen LogP contribution in [0.2, 0.25) is 0 Å². The fourth-order valence-corrected chi connectivity index (χ4v) is 3.85. The molecule has 2 rings (SSSR count). The number of rotatable bonds is 3. The van der Waals surface area contributed by atoms with Crippen molar-refractivity contribution in [3.63, 3.8) is 0 Å². The van der Waals surface area contributed by atoms with Gasteiger partial charge in [-0.1, -0.05) is 0 Å². The van der Waals surface area contributed by atoms with Crippen LogP contribution in [0.15, 0.2) is 0 Å². The Labute approximate surface area is 98.2 Å². The third kappa shape index (κ3) is 2.76. The summed E-state index contributed by atoms with van der Waals surface area (Å²) in [6.07, 6.45) is 7.87. The Morgan fingerprint density at radius 3 is 2.56 bits per heavy atom. The van der Waals surface area contributed by atoms with E-state index in [9.17, 15) is 8.42 Å². The lowest BCUT2D eigenvalue weighted by Crippen LogP contribution is -2.50. The fraction of sp³-hybridized carbons (Fsp3) is 1.00. The van der Waals surface area contributed by atoms with E-state index in [0.717, 1.165) is 32.1 Å². The lowest BCUT2D eigenvalue weighted by molar-refractivity contribution is 0.157. The smallest absolute Gasteiger partial charge is 0.211 e. The van der Waals surface area contributed by atoms with Gasteiger partial charge in [-0.05, 0) is 44.4 Å². The maximum atomic E-state index is 11.5. The summed E-state index contributed by atoms with van der Waals surface area (Å²) in [6, 6.07) is 0. The maximum Gasteiger partial charge on any atom is 0.211 e. The van der Waals surface area contributed by atoms with E-state index in [4.69, 9.17) is 5.73 Å². The van der Waals surface area contributed by atoms with Crippen LogP contribution in [0, 0.1) is 5.92 Å². The van der Waals surface area contributed by atoms with E-state index in [2.05, 4.69) is 0 Å². The van der Waals surface area contributed by atoms with E-state index >= 15 is 0 Å². The highest BCUT2D eigenvalue weighted by Crippen LogP contribution is 2.37. The van der Waals surface area contributed by atoms with Gasteiger partial charge in [0.25, 0.3) is 0 Å². The topological polar surface area (TPSA) is 63.4 Å². The molecule has 1 saturated carbocycles. The van der Waals surface area contributed by atoms with E-state index in [-0.39, 0.29) is 5.54 Å². The largest absolute Gasteiger partial charge is 0.325 e. The third-order valence-electron chi connectivity index (χ3n) is 4.00. The first kappa shape index (κ1) is 12.3. The van der Waals surface area contributed by atoms with Crippen molar-refractivity contribution in [2.75, 3.05) is 19.3 Å². The molecule has 16 heavy (non-hydrogen) atoms. The Kier molecular flexibility index (Phi) is 3.29. The van der Waals surface area contributed by atoms with Crippen LogP contribution in [0.1, 0.15) is 38.5 Å². The summed E-state index contributed by atoms with van der Waals surface area (Å²) >= 11 is 0. The molecule has 1 atom stereocenters. The Balaban J connectivity index is 1.92. The molecule has 0 amide bonds. The van der Waals surface area contributed by atoms with E-state index in [1.54, 1.807) is 4.31 Å². The summed E-state index contributed by atoms with van der Waals surface area (Å²) in [5.74, 6) is 0.466. The summed E-state index contributed by atoms with van der Waals surface area (Å²) in [6.45, 7) is 1.37. The molecule has 1 saturated heterocycles. The van der Waals surface area contributed by atoms with Gasteiger partial charge in [-0.2, -0.15) is 0 Å². The Bertz CT molecular complexity index is 349. The Hall–Kier alpha value is -0.130. The van der Waals surface area contributed by atoms with E-state index in [1.807, 2.05) is 0 Å². The molecule has 0 aromatic rings. The quantitative estimate of drug-likeness (QED) is 0.805. The van der Waals surface area contributed by atoms with Gasteiger partial charge in [0.15, 0.2) is 0 Å². The zero-order valence-corrected chi connectivity index (χ0v) is 10.8. The van der Waals surface area contributed by atoms with Gasteiger partial charge in [-0.15, -0.1) is 0 Å². The number of sulfonamides is 1. The predicted molar refractivity (Wildman–Crippen MR) is 64.5 cm³/mol. The molecule has 0 aromatic heterocycles. The number of hydrogen-bond acceptors (Lipinski definition) is 3. The summed E-state index contributed by atoms with van der Waals surface area (Å²) < 4.78 is 24.6. The molecule has 0 radical (unpaired) electrons. The first-order valence-electron chi connectivity index (χ1n) is 6.13. The van der Waals surface area contributed by atoms with Crippen molar-refractivity contribution in [2.45, 2.75) is 44.1 Å². The van der Waals surface area contributed by atoms with Crippen molar-refractivity contribution < 1.29 is 8.42 Å². The number of hydrogen-bond donors (Lipinski definition) is 1. The second-order valence-electron chi connectivity index (χ2n) is 5.55. The lowest BCUT2D eigenvalue weighted by Gasteiger charge is -2.43. The van der Waals surface area contributed by atoms with Crippen LogP contribution in [0.5, 0.6) is 0 Å². The zero-order valence-electron chi connectivity index (χ0n) is 9.98. The highest BCUT2D eigenvalue weighted by Gasteiger charge is 2.37. The molecule has 5 heteroatoms. The molecule has 0 bridgehead atoms. The highest BCUT2D eigenvalue weighted by atomic mass is 32.2. The minimum atomic E-state index is -3.01. The van der Waals surface area contributed by atoms with Crippen molar-refractivity contribution in [3.05, 3.63) is 0 Å². The van der Waals surface area contributed by atoms with Crippen LogP contribution >= 0.6 is 0 Å². The van der Waals surface area contributed by atoms with Crippen molar-refractivity contribution in [1.29, 1.82) is 0 Å². The van der Waals surface area contributed by atoms with E-state index in [1.165, 1.54) is 12.7 Å². The van der Waals surface area contributed by atoms with Crippen LogP contribution in [0.25, 0.3) is 0 Å². The number of nitrogens with zero attached hydrogens (tertiary/aromatic N) is 1. The minimum Gasteiger partial charge on any atom is -0.325 e. The predicted octanol–water partition coefficient (Wildman–Crippen LogP) is 0.930. The average Bonchev–Trinajstić information content (AvgIpc) is 2.14. The summed E-state index contributed by atoms with van der Waals surface area (Å²) in [5, 5.41) is 0. The van der Waals surface area contributed by atoms with Crippen LogP contribution in [-0.4, -0.2) is 37.6 Å². The number of nitrogens with two attached hydrogens (primary N) is 1. The van der Waals surface area contributed by atoms with Crippen LogP contribution in [-0.2, 0) is 10.0 Å². The van der Waals surface area contributed by atoms with E-state index < -0.39 is 10.0 Å². The summed E-state index contributed by atoms with van der Waals surface area (Å²) in [7, 11) is -3.01. The second-order valence-corrected chi connectivity index (χ2v) is 7.53. The molecule has 2 N–H and O–H groups in total. The molecule has 0 aromatic carbocycles. The van der Waals surface area contributed by atoms with Crippen molar-refractivity contribution in [2.24, 2.45) is 11.7 Å². The first-order chi connectivity index (χ1) is 7.39. The molecule has 1 heterocycles. The monoisotopic (exact) mass is 246 g/mol. The molecule has 1 aliphatic carbocycles. The SMILES string of the molecule is CS(=O)(=O)N1CCCC(CC2(N)CCC2)C1. The lowest BCUT2D eigenvalue weighted by atomic mass is 9.71.